The van der Waals surface area contributed by atoms with Crippen molar-refractivity contribution in [2.24, 2.45) is 7.05 Å². The molecule has 7 heteroatoms. The Kier molecular flexibility index (Phi) is 5.89. The maximum Gasteiger partial charge on any atom is 0.272 e. The number of carbonyl (C=O) groups is 2. The molecule has 2 fully saturated rings. The molecule has 0 spiro atoms. The average Bonchev–Trinajstić information content (AvgIpc) is 3.46. The molecule has 7 nitrogen and oxygen atoms in total. The number of piperidine rings is 1. The standard InChI is InChI=1S/C25H33N5O2/c1-28-22-13-16-30(17-21(22)23(27-28)24(31)26-19-7-3-4-8-19)25(32)18-9-11-20(12-10-18)29-14-5-2-6-15-29/h9-12,19H,2-8,13-17H2,1H3,(H,26,31). The first kappa shape index (κ1) is 21.0. The Hall–Kier alpha value is -2.83. The molecule has 0 bridgehead atoms. The second-order valence-corrected chi connectivity index (χ2v) is 9.42. The summed E-state index contributed by atoms with van der Waals surface area (Å²) in [7, 11) is 1.89. The molecule has 2 aromatic rings. The van der Waals surface area contributed by atoms with Gasteiger partial charge in [0.25, 0.3) is 11.8 Å². The normalized spacial score (nSPS) is 19.2. The molecule has 1 saturated heterocycles. The van der Waals surface area contributed by atoms with Crippen LogP contribution in [0.25, 0.3) is 0 Å². The minimum Gasteiger partial charge on any atom is -0.372 e. The van der Waals surface area contributed by atoms with Crippen molar-refractivity contribution in [3.8, 4) is 0 Å². The SMILES string of the molecule is Cn1nc(C(=O)NC2CCCC2)c2c1CCN(C(=O)c1ccc(N3CCCCC3)cc1)C2. The van der Waals surface area contributed by atoms with Gasteiger partial charge in [-0.1, -0.05) is 12.8 Å². The van der Waals surface area contributed by atoms with Crippen LogP contribution in [0.5, 0.6) is 0 Å². The number of aryl methyl sites for hydroxylation is 1. The van der Waals surface area contributed by atoms with Gasteiger partial charge in [-0.3, -0.25) is 14.3 Å². The van der Waals surface area contributed by atoms with Gasteiger partial charge in [0, 0.05) is 61.7 Å². The third-order valence-corrected chi connectivity index (χ3v) is 7.27. The van der Waals surface area contributed by atoms with E-state index in [2.05, 4.69) is 27.4 Å². The number of anilines is 1. The topological polar surface area (TPSA) is 70.5 Å². The molecule has 170 valence electrons. The average molecular weight is 436 g/mol. The third kappa shape index (κ3) is 4.12. The van der Waals surface area contributed by atoms with Crippen LogP contribution in [0.15, 0.2) is 24.3 Å². The Bertz CT molecular complexity index is 985. The number of aromatic nitrogens is 2. The Morgan fingerprint density at radius 2 is 1.69 bits per heavy atom. The highest BCUT2D eigenvalue weighted by atomic mass is 16.2. The molecule has 3 heterocycles. The summed E-state index contributed by atoms with van der Waals surface area (Å²) in [6, 6.07) is 8.27. The maximum atomic E-state index is 13.2. The van der Waals surface area contributed by atoms with Gasteiger partial charge in [-0.25, -0.2) is 0 Å². The van der Waals surface area contributed by atoms with Crippen molar-refractivity contribution in [3.63, 3.8) is 0 Å². The first-order valence-corrected chi connectivity index (χ1v) is 12.1. The van der Waals surface area contributed by atoms with Crippen LogP contribution in [0.4, 0.5) is 5.69 Å². The first-order valence-electron chi connectivity index (χ1n) is 12.1. The zero-order valence-electron chi connectivity index (χ0n) is 19.0. The molecule has 5 rings (SSSR count). The fourth-order valence-corrected chi connectivity index (χ4v) is 5.42. The van der Waals surface area contributed by atoms with E-state index in [1.54, 1.807) is 0 Å². The number of carbonyl (C=O) groups excluding carboxylic acids is 2. The van der Waals surface area contributed by atoms with Gasteiger partial charge in [0.1, 0.15) is 0 Å². The van der Waals surface area contributed by atoms with Crippen molar-refractivity contribution in [2.75, 3.05) is 24.5 Å². The monoisotopic (exact) mass is 435 g/mol. The zero-order chi connectivity index (χ0) is 22.1. The molecule has 1 aromatic carbocycles. The number of hydrogen-bond acceptors (Lipinski definition) is 4. The maximum absolute atomic E-state index is 13.2. The lowest BCUT2D eigenvalue weighted by Gasteiger charge is -2.30. The minimum absolute atomic E-state index is 0.0202. The zero-order valence-corrected chi connectivity index (χ0v) is 19.0. The van der Waals surface area contributed by atoms with Crippen molar-refractivity contribution >= 4 is 17.5 Å². The molecule has 1 aliphatic carbocycles. The summed E-state index contributed by atoms with van der Waals surface area (Å²) in [4.78, 5) is 30.4. The van der Waals surface area contributed by atoms with Crippen molar-refractivity contribution < 1.29 is 9.59 Å². The number of nitrogens with zero attached hydrogens (tertiary/aromatic N) is 4. The number of rotatable bonds is 4. The molecule has 3 aliphatic rings. The summed E-state index contributed by atoms with van der Waals surface area (Å²) in [6.45, 7) is 3.26. The van der Waals surface area contributed by atoms with Gasteiger partial charge in [0.2, 0.25) is 0 Å². The minimum atomic E-state index is -0.103. The molecule has 2 amide bonds. The van der Waals surface area contributed by atoms with Gasteiger partial charge in [0.15, 0.2) is 5.69 Å². The highest BCUT2D eigenvalue weighted by Crippen LogP contribution is 2.26. The predicted molar refractivity (Wildman–Crippen MR) is 124 cm³/mol. The van der Waals surface area contributed by atoms with Crippen molar-refractivity contribution in [3.05, 3.63) is 46.8 Å². The lowest BCUT2D eigenvalue weighted by molar-refractivity contribution is 0.0730. The van der Waals surface area contributed by atoms with Gasteiger partial charge in [-0.15, -0.1) is 0 Å². The largest absolute Gasteiger partial charge is 0.372 e. The van der Waals surface area contributed by atoms with Gasteiger partial charge in [-0.2, -0.15) is 5.10 Å². The summed E-state index contributed by atoms with van der Waals surface area (Å²) in [5.74, 6) is -0.0826. The van der Waals surface area contributed by atoms with Crippen LogP contribution in [-0.4, -0.2) is 52.2 Å². The van der Waals surface area contributed by atoms with E-state index >= 15 is 0 Å². The quantitative estimate of drug-likeness (QED) is 0.800. The first-order chi connectivity index (χ1) is 15.6. The van der Waals surface area contributed by atoms with Crippen LogP contribution < -0.4 is 10.2 Å². The molecule has 2 aliphatic heterocycles. The molecule has 0 atom stereocenters. The van der Waals surface area contributed by atoms with Crippen molar-refractivity contribution in [1.29, 1.82) is 0 Å². The summed E-state index contributed by atoms with van der Waals surface area (Å²) in [5, 5.41) is 7.67. The van der Waals surface area contributed by atoms with Gasteiger partial charge >= 0.3 is 0 Å². The highest BCUT2D eigenvalue weighted by Gasteiger charge is 2.31. The molecule has 0 radical (unpaired) electrons. The number of fused-ring (bicyclic) bond motifs is 1. The molecule has 32 heavy (non-hydrogen) atoms. The van der Waals surface area contributed by atoms with E-state index in [0.717, 1.165) is 37.2 Å². The van der Waals surface area contributed by atoms with Gasteiger partial charge in [-0.05, 0) is 56.4 Å². The van der Waals surface area contributed by atoms with Crippen LogP contribution in [0.1, 0.15) is 77.0 Å². The Morgan fingerprint density at radius 1 is 0.969 bits per heavy atom. The molecular weight excluding hydrogens is 402 g/mol. The van der Waals surface area contributed by atoms with E-state index in [0.29, 0.717) is 30.8 Å². The highest BCUT2D eigenvalue weighted by molar-refractivity contribution is 5.96. The van der Waals surface area contributed by atoms with E-state index in [4.69, 9.17) is 0 Å². The smallest absolute Gasteiger partial charge is 0.272 e. The summed E-state index contributed by atoms with van der Waals surface area (Å²) < 4.78 is 1.81. The van der Waals surface area contributed by atoms with Crippen LogP contribution in [0.2, 0.25) is 0 Å². The Balaban J connectivity index is 1.30. The van der Waals surface area contributed by atoms with Crippen LogP contribution in [0.3, 0.4) is 0 Å². The van der Waals surface area contributed by atoms with Gasteiger partial charge in [0.05, 0.1) is 6.54 Å². The summed E-state index contributed by atoms with van der Waals surface area (Å²) in [5.41, 5.74) is 4.33. The Morgan fingerprint density at radius 3 is 2.41 bits per heavy atom. The van der Waals surface area contributed by atoms with Crippen molar-refractivity contribution in [1.82, 2.24) is 20.0 Å². The van der Waals surface area contributed by atoms with Crippen molar-refractivity contribution in [2.45, 2.75) is 64.0 Å². The second-order valence-electron chi connectivity index (χ2n) is 9.42. The fraction of sp³-hybridized carbons (Fsp3) is 0.560. The lowest BCUT2D eigenvalue weighted by Crippen LogP contribution is -2.38. The van der Waals surface area contributed by atoms with Crippen LogP contribution in [0, 0.1) is 0 Å². The molecule has 0 unspecified atom stereocenters. The molecule has 1 N–H and O–H groups in total. The number of amides is 2. The lowest BCUT2D eigenvalue weighted by atomic mass is 10.0. The van der Waals surface area contributed by atoms with E-state index in [1.807, 2.05) is 28.8 Å². The van der Waals surface area contributed by atoms with E-state index in [-0.39, 0.29) is 17.9 Å². The number of benzene rings is 1. The molecule has 1 aromatic heterocycles. The Labute approximate surface area is 189 Å². The summed E-state index contributed by atoms with van der Waals surface area (Å²) in [6.07, 6.45) is 8.91. The number of nitrogens with one attached hydrogen (secondary N) is 1. The van der Waals surface area contributed by atoms with E-state index in [1.165, 1.54) is 37.8 Å². The number of hydrogen-bond donors (Lipinski definition) is 1. The second kappa shape index (κ2) is 8.96. The summed E-state index contributed by atoms with van der Waals surface area (Å²) >= 11 is 0. The fourth-order valence-electron chi connectivity index (χ4n) is 5.42. The molecular formula is C25H33N5O2. The third-order valence-electron chi connectivity index (χ3n) is 7.27. The van der Waals surface area contributed by atoms with Crippen LogP contribution in [-0.2, 0) is 20.0 Å². The predicted octanol–water partition coefficient (Wildman–Crippen LogP) is 3.28. The van der Waals surface area contributed by atoms with E-state index in [9.17, 15) is 9.59 Å². The van der Waals surface area contributed by atoms with E-state index < -0.39 is 0 Å². The van der Waals surface area contributed by atoms with Crippen LogP contribution >= 0.6 is 0 Å². The van der Waals surface area contributed by atoms with Gasteiger partial charge < -0.3 is 15.1 Å². The molecule has 1 saturated carbocycles.